The minimum absolute atomic E-state index is 0.670. The molecule has 0 heterocycles. The number of ether oxygens (including phenoxy) is 1. The standard InChI is InChI=1S/C3H8ClNO/c1-6-3-2-5-4/h5H,2-3H2,1H3. The van der Waals surface area contributed by atoms with E-state index in [9.17, 15) is 0 Å². The van der Waals surface area contributed by atoms with E-state index in [4.69, 9.17) is 11.8 Å². The molecule has 0 aliphatic heterocycles. The van der Waals surface area contributed by atoms with Gasteiger partial charge in [0.05, 0.1) is 6.61 Å². The molecule has 0 radical (unpaired) electrons. The first-order valence-corrected chi connectivity index (χ1v) is 2.12. The number of nitrogens with one attached hydrogen (secondary N) is 1. The number of halogens is 1. The molecular formula is C3H8ClNO. The Morgan fingerprint density at radius 3 is 2.67 bits per heavy atom. The predicted octanol–water partition coefficient (Wildman–Crippen LogP) is 0.376. The van der Waals surface area contributed by atoms with E-state index in [0.717, 1.165) is 0 Å². The molecule has 0 rings (SSSR count). The lowest BCUT2D eigenvalue weighted by molar-refractivity contribution is 0.205. The van der Waals surface area contributed by atoms with Gasteiger partial charge in [-0.3, -0.25) is 0 Å². The van der Waals surface area contributed by atoms with Crippen molar-refractivity contribution in [2.75, 3.05) is 20.3 Å². The molecule has 0 aromatic heterocycles. The van der Waals surface area contributed by atoms with Crippen LogP contribution < -0.4 is 4.84 Å². The summed E-state index contributed by atoms with van der Waals surface area (Å²) in [5, 5.41) is 0. The molecule has 0 bridgehead atoms. The molecule has 0 atom stereocenters. The Kier molecular flexibility index (Phi) is 5.39. The molecule has 1 N–H and O–H groups in total. The smallest absolute Gasteiger partial charge is 0.0600 e. The van der Waals surface area contributed by atoms with Crippen molar-refractivity contribution in [1.82, 2.24) is 4.84 Å². The number of hydrogen-bond donors (Lipinski definition) is 1. The Bertz CT molecular complexity index is 22.8. The van der Waals surface area contributed by atoms with Gasteiger partial charge < -0.3 is 4.74 Å². The topological polar surface area (TPSA) is 21.3 Å². The molecule has 0 spiro atoms. The van der Waals surface area contributed by atoms with Gasteiger partial charge in [0, 0.05) is 13.7 Å². The van der Waals surface area contributed by atoms with Crippen LogP contribution in [0.1, 0.15) is 0 Å². The molecule has 0 amide bonds. The highest BCUT2D eigenvalue weighted by Gasteiger charge is 1.74. The van der Waals surface area contributed by atoms with Crippen molar-refractivity contribution in [3.05, 3.63) is 0 Å². The highest BCUT2D eigenvalue weighted by Crippen LogP contribution is 1.63. The summed E-state index contributed by atoms with van der Waals surface area (Å²) in [4.78, 5) is 2.42. The maximum atomic E-state index is 5.05. The molecule has 0 saturated heterocycles. The van der Waals surface area contributed by atoms with Crippen molar-refractivity contribution in [2.24, 2.45) is 0 Å². The fourth-order valence-corrected chi connectivity index (χ4v) is 0.218. The molecule has 2 nitrogen and oxygen atoms in total. The molecule has 0 fully saturated rings. The molecule has 3 heteroatoms. The van der Waals surface area contributed by atoms with Gasteiger partial charge in [0.2, 0.25) is 0 Å². The number of hydrogen-bond acceptors (Lipinski definition) is 2. The Morgan fingerprint density at radius 1 is 1.83 bits per heavy atom. The van der Waals surface area contributed by atoms with Crippen molar-refractivity contribution in [1.29, 1.82) is 0 Å². The van der Waals surface area contributed by atoms with E-state index in [1.165, 1.54) is 0 Å². The van der Waals surface area contributed by atoms with Crippen LogP contribution in [0.4, 0.5) is 0 Å². The molecule has 0 saturated carbocycles. The van der Waals surface area contributed by atoms with Crippen LogP contribution in [0.2, 0.25) is 0 Å². The summed E-state index contributed by atoms with van der Waals surface area (Å²) in [6.07, 6.45) is 0. The zero-order valence-corrected chi connectivity index (χ0v) is 4.46. The van der Waals surface area contributed by atoms with Gasteiger partial charge in [-0.1, -0.05) is 0 Å². The van der Waals surface area contributed by atoms with Gasteiger partial charge in [-0.05, 0) is 11.8 Å². The van der Waals surface area contributed by atoms with E-state index in [0.29, 0.717) is 13.2 Å². The quantitative estimate of drug-likeness (QED) is 0.418. The van der Waals surface area contributed by atoms with E-state index in [1.807, 2.05) is 0 Å². The lowest BCUT2D eigenvalue weighted by Gasteiger charge is -1.90. The third kappa shape index (κ3) is 4.21. The monoisotopic (exact) mass is 109 g/mol. The second-order valence-electron chi connectivity index (χ2n) is 0.876. The lowest BCUT2D eigenvalue weighted by Crippen LogP contribution is -2.06. The molecule has 0 unspecified atom stereocenters. The Balaban J connectivity index is 2.34. The van der Waals surface area contributed by atoms with Crippen molar-refractivity contribution in [2.45, 2.75) is 0 Å². The third-order valence-corrected chi connectivity index (χ3v) is 0.590. The summed E-state index contributed by atoms with van der Waals surface area (Å²) < 4.78 is 4.64. The van der Waals surface area contributed by atoms with Gasteiger partial charge in [-0.25, -0.2) is 4.84 Å². The van der Waals surface area contributed by atoms with Gasteiger partial charge >= 0.3 is 0 Å². The average molecular weight is 110 g/mol. The van der Waals surface area contributed by atoms with Crippen LogP contribution in [-0.2, 0) is 4.74 Å². The van der Waals surface area contributed by atoms with E-state index in [2.05, 4.69) is 9.57 Å². The minimum Gasteiger partial charge on any atom is -0.383 e. The predicted molar refractivity (Wildman–Crippen MR) is 25.7 cm³/mol. The number of rotatable bonds is 3. The molecule has 0 aliphatic carbocycles. The van der Waals surface area contributed by atoms with E-state index < -0.39 is 0 Å². The number of methoxy groups -OCH3 is 1. The molecule has 0 aromatic carbocycles. The summed E-state index contributed by atoms with van der Waals surface area (Å²) in [6, 6.07) is 0. The molecule has 6 heavy (non-hydrogen) atoms. The second kappa shape index (κ2) is 5.21. The third-order valence-electron chi connectivity index (χ3n) is 0.401. The Hall–Kier alpha value is 0.210. The van der Waals surface area contributed by atoms with Gasteiger partial charge in [-0.15, -0.1) is 0 Å². The van der Waals surface area contributed by atoms with Crippen molar-refractivity contribution < 1.29 is 4.74 Å². The zero-order chi connectivity index (χ0) is 4.83. The van der Waals surface area contributed by atoms with E-state index in [-0.39, 0.29) is 0 Å². The maximum absolute atomic E-state index is 5.05. The van der Waals surface area contributed by atoms with Crippen LogP contribution >= 0.6 is 11.8 Å². The fourth-order valence-electron chi connectivity index (χ4n) is 0.141. The van der Waals surface area contributed by atoms with Crippen LogP contribution in [0.15, 0.2) is 0 Å². The zero-order valence-electron chi connectivity index (χ0n) is 3.70. The Labute approximate surface area is 42.5 Å². The maximum Gasteiger partial charge on any atom is 0.0600 e. The largest absolute Gasteiger partial charge is 0.383 e. The van der Waals surface area contributed by atoms with Crippen LogP contribution in [0.5, 0.6) is 0 Å². The van der Waals surface area contributed by atoms with E-state index >= 15 is 0 Å². The highest BCUT2D eigenvalue weighted by molar-refractivity contribution is 6.13. The van der Waals surface area contributed by atoms with Gasteiger partial charge in [0.15, 0.2) is 0 Å². The van der Waals surface area contributed by atoms with Gasteiger partial charge in [0.25, 0.3) is 0 Å². The minimum atomic E-state index is 0.670. The molecular weight excluding hydrogens is 101 g/mol. The first kappa shape index (κ1) is 6.21. The molecule has 0 aromatic rings. The van der Waals surface area contributed by atoms with Crippen LogP contribution in [0.3, 0.4) is 0 Å². The SMILES string of the molecule is COCCNCl. The van der Waals surface area contributed by atoms with Gasteiger partial charge in [-0.2, -0.15) is 0 Å². The van der Waals surface area contributed by atoms with Crippen LogP contribution in [0.25, 0.3) is 0 Å². The molecule has 38 valence electrons. The summed E-state index contributed by atoms with van der Waals surface area (Å²) in [7, 11) is 1.63. The summed E-state index contributed by atoms with van der Waals surface area (Å²) in [5.74, 6) is 0. The van der Waals surface area contributed by atoms with Crippen molar-refractivity contribution in [3.63, 3.8) is 0 Å². The lowest BCUT2D eigenvalue weighted by atomic mass is 10.7. The highest BCUT2D eigenvalue weighted by atomic mass is 35.5. The van der Waals surface area contributed by atoms with Crippen LogP contribution in [0, 0.1) is 0 Å². The molecule has 0 aliphatic rings. The summed E-state index contributed by atoms with van der Waals surface area (Å²) in [6.45, 7) is 1.38. The van der Waals surface area contributed by atoms with Crippen molar-refractivity contribution >= 4 is 11.8 Å². The van der Waals surface area contributed by atoms with Gasteiger partial charge in [0.1, 0.15) is 0 Å². The van der Waals surface area contributed by atoms with Crippen molar-refractivity contribution in [3.8, 4) is 0 Å². The van der Waals surface area contributed by atoms with Crippen LogP contribution in [-0.4, -0.2) is 20.3 Å². The summed E-state index contributed by atoms with van der Waals surface area (Å²) >= 11 is 5.05. The average Bonchev–Trinajstić information content (AvgIpc) is 1.61. The first-order valence-electron chi connectivity index (χ1n) is 1.74. The summed E-state index contributed by atoms with van der Waals surface area (Å²) in [5.41, 5.74) is 0. The fraction of sp³-hybridized carbons (Fsp3) is 1.00. The normalized spacial score (nSPS) is 9.00. The first-order chi connectivity index (χ1) is 2.91. The Morgan fingerprint density at radius 2 is 2.50 bits per heavy atom. The second-order valence-corrected chi connectivity index (χ2v) is 1.14. The van der Waals surface area contributed by atoms with E-state index in [1.54, 1.807) is 7.11 Å².